The Hall–Kier alpha value is -1.40. The normalized spacial score (nSPS) is 12.7. The summed E-state index contributed by atoms with van der Waals surface area (Å²) in [6.07, 6.45) is 59.0. The van der Waals surface area contributed by atoms with E-state index in [2.05, 4.69) is 31.3 Å². The quantitative estimate of drug-likeness (QED) is 0.0322. The number of esters is 1. The Balaban J connectivity index is 3.44. The number of amides is 1. The molecule has 0 saturated heterocycles. The number of ether oxygens (including phenoxy) is 1. The Morgan fingerprint density at radius 2 is 0.770 bits per heavy atom. The van der Waals surface area contributed by atoms with Crippen molar-refractivity contribution >= 4 is 11.9 Å². The first-order valence-corrected chi connectivity index (χ1v) is 27.4. The molecule has 6 nitrogen and oxygen atoms in total. The lowest BCUT2D eigenvalue weighted by Crippen LogP contribution is -2.45. The van der Waals surface area contributed by atoms with Crippen LogP contribution in [-0.2, 0) is 14.3 Å². The molecule has 61 heavy (non-hydrogen) atoms. The molecule has 2 unspecified atom stereocenters. The van der Waals surface area contributed by atoms with Gasteiger partial charge in [0.25, 0.3) is 0 Å². The second-order valence-electron chi connectivity index (χ2n) is 18.9. The van der Waals surface area contributed by atoms with Crippen molar-refractivity contribution in [1.29, 1.82) is 0 Å². The van der Waals surface area contributed by atoms with Crippen LogP contribution in [0.1, 0.15) is 303 Å². The number of carbonyl (C=O) groups excluding carboxylic acids is 2. The van der Waals surface area contributed by atoms with E-state index < -0.39 is 12.1 Å². The topological polar surface area (TPSA) is 95.9 Å². The molecule has 0 rings (SSSR count). The van der Waals surface area contributed by atoms with Crippen LogP contribution in [-0.4, -0.2) is 47.4 Å². The summed E-state index contributed by atoms with van der Waals surface area (Å²) in [5, 5.41) is 23.2. The smallest absolute Gasteiger partial charge is 0.305 e. The van der Waals surface area contributed by atoms with Crippen molar-refractivity contribution in [3.05, 3.63) is 12.2 Å². The van der Waals surface area contributed by atoms with Gasteiger partial charge in [-0.25, -0.2) is 0 Å². The van der Waals surface area contributed by atoms with E-state index in [1.807, 2.05) is 0 Å². The molecule has 3 N–H and O–H groups in total. The highest BCUT2D eigenvalue weighted by atomic mass is 16.5. The molecule has 2 atom stereocenters. The lowest BCUT2D eigenvalue weighted by Gasteiger charge is -2.22. The standard InChI is InChI=1S/C55H107NO5/c1-3-5-7-9-11-13-15-17-19-21-25-29-33-37-41-45-49-55(60)61-50-46-42-38-34-30-26-22-24-28-32-36-40-44-48-54(59)56-52(51-57)53(58)47-43-39-35-31-27-23-20-18-16-14-12-10-8-6-4-2/h19,21,52-53,57-58H,3-18,20,22-51H2,1-2H3,(H,56,59)/b21-19-. The third-order valence-corrected chi connectivity index (χ3v) is 12.8. The van der Waals surface area contributed by atoms with E-state index in [0.717, 1.165) is 51.4 Å². The second kappa shape index (κ2) is 51.2. The van der Waals surface area contributed by atoms with Crippen LogP contribution >= 0.6 is 0 Å². The van der Waals surface area contributed by atoms with Crippen LogP contribution in [0.25, 0.3) is 0 Å². The summed E-state index contributed by atoms with van der Waals surface area (Å²) in [5.74, 6) is -0.0587. The average molecular weight is 862 g/mol. The zero-order valence-corrected chi connectivity index (χ0v) is 41.2. The minimum atomic E-state index is -0.672. The zero-order chi connectivity index (χ0) is 44.4. The van der Waals surface area contributed by atoms with E-state index in [4.69, 9.17) is 4.74 Å². The lowest BCUT2D eigenvalue weighted by molar-refractivity contribution is -0.143. The third kappa shape index (κ3) is 47.9. The zero-order valence-electron chi connectivity index (χ0n) is 41.2. The Bertz CT molecular complexity index is 909. The van der Waals surface area contributed by atoms with E-state index >= 15 is 0 Å². The predicted octanol–water partition coefficient (Wildman–Crippen LogP) is 16.5. The monoisotopic (exact) mass is 862 g/mol. The third-order valence-electron chi connectivity index (χ3n) is 12.8. The van der Waals surface area contributed by atoms with Crippen LogP contribution in [0.4, 0.5) is 0 Å². The summed E-state index contributed by atoms with van der Waals surface area (Å²) in [6, 6.07) is -0.550. The lowest BCUT2D eigenvalue weighted by atomic mass is 10.0. The Morgan fingerprint density at radius 3 is 1.16 bits per heavy atom. The maximum atomic E-state index is 12.5. The van der Waals surface area contributed by atoms with Gasteiger partial charge in [-0.3, -0.25) is 9.59 Å². The Kier molecular flexibility index (Phi) is 50.1. The number of hydrogen-bond donors (Lipinski definition) is 3. The first-order valence-electron chi connectivity index (χ1n) is 27.4. The van der Waals surface area contributed by atoms with Gasteiger partial charge in [0.05, 0.1) is 25.4 Å². The van der Waals surface area contributed by atoms with Gasteiger partial charge in [0.2, 0.25) is 5.91 Å². The summed E-state index contributed by atoms with van der Waals surface area (Å²) >= 11 is 0. The minimum Gasteiger partial charge on any atom is -0.466 e. The Labute approximate surface area is 380 Å². The number of unbranched alkanes of at least 4 members (excludes halogenated alkanes) is 38. The fraction of sp³-hybridized carbons (Fsp3) is 0.927. The maximum Gasteiger partial charge on any atom is 0.305 e. The minimum absolute atomic E-state index is 0.0123. The van der Waals surface area contributed by atoms with E-state index in [0.29, 0.717) is 25.9 Å². The van der Waals surface area contributed by atoms with Gasteiger partial charge in [-0.15, -0.1) is 0 Å². The largest absolute Gasteiger partial charge is 0.466 e. The van der Waals surface area contributed by atoms with Crippen LogP contribution < -0.4 is 5.32 Å². The summed E-state index contributed by atoms with van der Waals surface area (Å²) in [5.41, 5.74) is 0. The van der Waals surface area contributed by atoms with Crippen molar-refractivity contribution in [2.75, 3.05) is 13.2 Å². The number of hydrogen-bond acceptors (Lipinski definition) is 5. The van der Waals surface area contributed by atoms with Crippen LogP contribution in [0.3, 0.4) is 0 Å². The molecule has 0 aromatic carbocycles. The number of aliphatic hydroxyl groups excluding tert-OH is 2. The second-order valence-corrected chi connectivity index (χ2v) is 18.9. The summed E-state index contributed by atoms with van der Waals surface area (Å²) in [6.45, 7) is 4.93. The van der Waals surface area contributed by atoms with Crippen molar-refractivity contribution in [2.45, 2.75) is 315 Å². The van der Waals surface area contributed by atoms with Gasteiger partial charge in [0.15, 0.2) is 0 Å². The first kappa shape index (κ1) is 59.6. The number of carbonyl (C=O) groups is 2. The SMILES string of the molecule is CCCCCCCCC/C=C\CCCCCCCC(=O)OCCCCCCCCCCCCCCCC(=O)NC(CO)C(O)CCCCCCCCCCCCCCCCC. The molecular weight excluding hydrogens is 755 g/mol. The van der Waals surface area contributed by atoms with E-state index in [-0.39, 0.29) is 18.5 Å². The summed E-state index contributed by atoms with van der Waals surface area (Å²) < 4.78 is 5.47. The van der Waals surface area contributed by atoms with Gasteiger partial charge in [0, 0.05) is 12.8 Å². The number of allylic oxidation sites excluding steroid dienone is 2. The molecule has 0 aliphatic rings. The molecule has 6 heteroatoms. The average Bonchev–Trinajstić information content (AvgIpc) is 3.26. The van der Waals surface area contributed by atoms with Gasteiger partial charge in [-0.05, 0) is 51.4 Å². The molecular formula is C55H107NO5. The Morgan fingerprint density at radius 1 is 0.443 bits per heavy atom. The van der Waals surface area contributed by atoms with Gasteiger partial charge >= 0.3 is 5.97 Å². The molecule has 0 aliphatic carbocycles. The molecule has 0 spiro atoms. The molecule has 1 amide bonds. The number of rotatable bonds is 51. The van der Waals surface area contributed by atoms with Crippen molar-refractivity contribution in [1.82, 2.24) is 5.32 Å². The highest BCUT2D eigenvalue weighted by Gasteiger charge is 2.20. The van der Waals surface area contributed by atoms with E-state index in [1.54, 1.807) is 0 Å². The number of aliphatic hydroxyl groups is 2. The van der Waals surface area contributed by atoms with Crippen molar-refractivity contribution in [2.24, 2.45) is 0 Å². The summed E-state index contributed by atoms with van der Waals surface area (Å²) in [4.78, 5) is 24.5. The molecule has 0 aromatic rings. The van der Waals surface area contributed by atoms with Gasteiger partial charge in [-0.1, -0.05) is 251 Å². The molecule has 0 radical (unpaired) electrons. The van der Waals surface area contributed by atoms with Gasteiger partial charge in [0.1, 0.15) is 0 Å². The van der Waals surface area contributed by atoms with Crippen molar-refractivity contribution < 1.29 is 24.5 Å². The molecule has 0 aliphatic heterocycles. The highest BCUT2D eigenvalue weighted by molar-refractivity contribution is 5.76. The predicted molar refractivity (Wildman–Crippen MR) is 264 cm³/mol. The molecule has 0 bridgehead atoms. The highest BCUT2D eigenvalue weighted by Crippen LogP contribution is 2.17. The summed E-state index contributed by atoms with van der Waals surface area (Å²) in [7, 11) is 0. The van der Waals surface area contributed by atoms with Crippen molar-refractivity contribution in [3.63, 3.8) is 0 Å². The van der Waals surface area contributed by atoms with Gasteiger partial charge in [-0.2, -0.15) is 0 Å². The van der Waals surface area contributed by atoms with Crippen molar-refractivity contribution in [3.8, 4) is 0 Å². The maximum absolute atomic E-state index is 12.5. The molecule has 0 saturated carbocycles. The first-order chi connectivity index (χ1) is 30.0. The van der Waals surface area contributed by atoms with Gasteiger partial charge < -0.3 is 20.3 Å². The molecule has 0 aromatic heterocycles. The molecule has 0 fully saturated rings. The number of nitrogens with one attached hydrogen (secondary N) is 1. The van der Waals surface area contributed by atoms with Crippen LogP contribution in [0.5, 0.6) is 0 Å². The van der Waals surface area contributed by atoms with E-state index in [1.165, 1.54) is 218 Å². The molecule has 362 valence electrons. The van der Waals surface area contributed by atoms with Crippen LogP contribution in [0.2, 0.25) is 0 Å². The van der Waals surface area contributed by atoms with Crippen LogP contribution in [0, 0.1) is 0 Å². The fourth-order valence-electron chi connectivity index (χ4n) is 8.58. The van der Waals surface area contributed by atoms with E-state index in [9.17, 15) is 19.8 Å². The molecule has 0 heterocycles. The van der Waals surface area contributed by atoms with Crippen LogP contribution in [0.15, 0.2) is 12.2 Å². The fourth-order valence-corrected chi connectivity index (χ4v) is 8.58.